The lowest BCUT2D eigenvalue weighted by molar-refractivity contribution is 0.0143. The van der Waals surface area contributed by atoms with Crippen LogP contribution in [0.5, 0.6) is 0 Å². The molecule has 0 amide bonds. The molecule has 25 heavy (non-hydrogen) atoms. The second-order valence-corrected chi connectivity index (χ2v) is 7.15. The number of ether oxygens (including phenoxy) is 1. The molecular weight excluding hydrogens is 314 g/mol. The first kappa shape index (κ1) is 16.5. The summed E-state index contributed by atoms with van der Waals surface area (Å²) in [5, 5.41) is 4.61. The molecule has 2 aromatic rings. The van der Waals surface area contributed by atoms with Crippen LogP contribution in [0.3, 0.4) is 0 Å². The molecule has 0 fully saturated rings. The predicted octanol–water partition coefficient (Wildman–Crippen LogP) is 2.33. The van der Waals surface area contributed by atoms with Crippen molar-refractivity contribution in [3.05, 3.63) is 63.1 Å². The Hall–Kier alpha value is -1.98. The first-order valence-electron chi connectivity index (χ1n) is 9.18. The van der Waals surface area contributed by atoms with Crippen molar-refractivity contribution in [1.82, 2.24) is 14.7 Å². The van der Waals surface area contributed by atoms with Crippen LogP contribution < -0.4 is 5.56 Å². The van der Waals surface area contributed by atoms with Gasteiger partial charge in [0.1, 0.15) is 0 Å². The normalized spacial score (nSPS) is 19.5. The average Bonchev–Trinajstić information content (AvgIpc) is 2.63. The smallest absolute Gasteiger partial charge is 0.268 e. The quantitative estimate of drug-likeness (QED) is 0.858. The van der Waals surface area contributed by atoms with E-state index < -0.39 is 0 Å². The third kappa shape index (κ3) is 3.53. The maximum atomic E-state index is 12.4. The molecular formula is C20H25N3O2. The van der Waals surface area contributed by atoms with Crippen molar-refractivity contribution in [3.63, 3.8) is 0 Å². The Morgan fingerprint density at radius 3 is 2.96 bits per heavy atom. The Balaban J connectivity index is 1.48. The van der Waals surface area contributed by atoms with Crippen LogP contribution in [0.25, 0.3) is 0 Å². The highest BCUT2D eigenvalue weighted by atomic mass is 16.5. The molecule has 0 N–H and O–H groups in total. The number of aryl methyl sites for hydroxylation is 2. The monoisotopic (exact) mass is 339 g/mol. The van der Waals surface area contributed by atoms with Gasteiger partial charge in [0, 0.05) is 12.6 Å². The van der Waals surface area contributed by atoms with Crippen LogP contribution in [0.4, 0.5) is 0 Å². The zero-order chi connectivity index (χ0) is 17.2. The van der Waals surface area contributed by atoms with Gasteiger partial charge in [0.05, 0.1) is 25.1 Å². The number of benzene rings is 1. The Morgan fingerprint density at radius 1 is 1.20 bits per heavy atom. The molecule has 0 saturated carbocycles. The minimum absolute atomic E-state index is 0.00235. The van der Waals surface area contributed by atoms with E-state index >= 15 is 0 Å². The van der Waals surface area contributed by atoms with Crippen LogP contribution in [0.1, 0.15) is 41.3 Å². The predicted molar refractivity (Wildman–Crippen MR) is 96.6 cm³/mol. The summed E-state index contributed by atoms with van der Waals surface area (Å²) in [6, 6.07) is 10.3. The second kappa shape index (κ2) is 7.10. The van der Waals surface area contributed by atoms with E-state index in [0.29, 0.717) is 6.67 Å². The van der Waals surface area contributed by atoms with Crippen LogP contribution in [-0.4, -0.2) is 34.9 Å². The highest BCUT2D eigenvalue weighted by Gasteiger charge is 2.22. The molecule has 0 radical (unpaired) electrons. The summed E-state index contributed by atoms with van der Waals surface area (Å²) < 4.78 is 7.58. The molecule has 0 bridgehead atoms. The van der Waals surface area contributed by atoms with Gasteiger partial charge in [0.2, 0.25) is 0 Å². The number of likely N-dealkylation sites (N-methyl/N-ethyl adjacent to an activating group) is 1. The van der Waals surface area contributed by atoms with Gasteiger partial charge in [0.15, 0.2) is 0 Å². The van der Waals surface area contributed by atoms with Crippen LogP contribution in [0.2, 0.25) is 0 Å². The van der Waals surface area contributed by atoms with E-state index in [4.69, 9.17) is 4.74 Å². The van der Waals surface area contributed by atoms with Crippen LogP contribution in [-0.2, 0) is 30.7 Å². The van der Waals surface area contributed by atoms with Crippen molar-refractivity contribution in [2.75, 3.05) is 20.2 Å². The number of fused-ring (bicyclic) bond motifs is 2. The summed E-state index contributed by atoms with van der Waals surface area (Å²) in [7, 11) is 2.02. The Kier molecular flexibility index (Phi) is 4.68. The molecule has 5 heteroatoms. The topological polar surface area (TPSA) is 47.4 Å². The van der Waals surface area contributed by atoms with Crippen molar-refractivity contribution in [2.45, 2.75) is 44.9 Å². The average molecular weight is 339 g/mol. The van der Waals surface area contributed by atoms with Crippen LogP contribution >= 0.6 is 0 Å². The molecule has 4 rings (SSSR count). The molecule has 0 spiro atoms. The number of hydrogen-bond acceptors (Lipinski definition) is 4. The highest BCUT2D eigenvalue weighted by molar-refractivity contribution is 5.31. The van der Waals surface area contributed by atoms with E-state index in [1.807, 2.05) is 7.05 Å². The number of aromatic nitrogens is 2. The molecule has 1 aliphatic heterocycles. The Bertz CT molecular complexity index is 815. The molecule has 2 aliphatic rings. The molecule has 132 valence electrons. The first-order chi connectivity index (χ1) is 12.2. The largest absolute Gasteiger partial charge is 0.372 e. The van der Waals surface area contributed by atoms with Gasteiger partial charge < -0.3 is 4.74 Å². The molecule has 1 aliphatic carbocycles. The lowest BCUT2D eigenvalue weighted by Crippen LogP contribution is -2.36. The Labute approximate surface area is 148 Å². The lowest BCUT2D eigenvalue weighted by Gasteiger charge is -2.29. The van der Waals surface area contributed by atoms with E-state index in [2.05, 4.69) is 34.3 Å². The van der Waals surface area contributed by atoms with E-state index in [9.17, 15) is 4.79 Å². The molecule has 1 aromatic carbocycles. The van der Waals surface area contributed by atoms with Gasteiger partial charge in [0.25, 0.3) is 5.56 Å². The minimum atomic E-state index is -0.00235. The molecule has 0 saturated heterocycles. The fourth-order valence-corrected chi connectivity index (χ4v) is 3.90. The molecule has 5 nitrogen and oxygen atoms in total. The van der Waals surface area contributed by atoms with E-state index in [0.717, 1.165) is 50.1 Å². The van der Waals surface area contributed by atoms with E-state index in [1.54, 1.807) is 10.7 Å². The highest BCUT2D eigenvalue weighted by Crippen LogP contribution is 2.27. The van der Waals surface area contributed by atoms with Crippen LogP contribution in [0.15, 0.2) is 35.1 Å². The lowest BCUT2D eigenvalue weighted by atomic mass is 9.97. The minimum Gasteiger partial charge on any atom is -0.372 e. The number of hydrogen-bond donors (Lipinski definition) is 0. The van der Waals surface area contributed by atoms with Crippen molar-refractivity contribution >= 4 is 0 Å². The fourth-order valence-electron chi connectivity index (χ4n) is 3.90. The summed E-state index contributed by atoms with van der Waals surface area (Å²) in [6.07, 6.45) is 5.34. The fraction of sp³-hybridized carbons (Fsp3) is 0.500. The van der Waals surface area contributed by atoms with Crippen molar-refractivity contribution < 1.29 is 4.74 Å². The standard InChI is InChI=1S/C20H25N3O2/c1-22(13-19-17-8-4-2-6-15(17)10-11-25-19)14-23-20(24)12-16-7-3-5-9-18(16)21-23/h2,4,6,8,12,19H,3,5,7,9-11,13-14H2,1H3/t19-/m1/s1. The maximum absolute atomic E-state index is 12.4. The summed E-state index contributed by atoms with van der Waals surface area (Å²) in [5.41, 5.74) is 4.87. The SMILES string of the molecule is CN(C[C@H]1OCCc2ccccc21)Cn1nc2c(cc1=O)CCCC2. The summed E-state index contributed by atoms with van der Waals surface area (Å²) in [5.74, 6) is 0. The van der Waals surface area contributed by atoms with Crippen molar-refractivity contribution in [1.29, 1.82) is 0 Å². The molecule has 0 unspecified atom stereocenters. The Morgan fingerprint density at radius 2 is 2.04 bits per heavy atom. The van der Waals surface area contributed by atoms with Crippen molar-refractivity contribution in [3.8, 4) is 0 Å². The van der Waals surface area contributed by atoms with E-state index in [-0.39, 0.29) is 11.7 Å². The second-order valence-electron chi connectivity index (χ2n) is 7.15. The summed E-state index contributed by atoms with van der Waals surface area (Å²) in [6.45, 7) is 2.00. The van der Waals surface area contributed by atoms with Gasteiger partial charge in [-0.3, -0.25) is 9.69 Å². The van der Waals surface area contributed by atoms with E-state index in [1.165, 1.54) is 17.5 Å². The number of nitrogens with zero attached hydrogens (tertiary/aromatic N) is 3. The first-order valence-corrected chi connectivity index (χ1v) is 9.18. The van der Waals surface area contributed by atoms with Crippen LogP contribution in [0, 0.1) is 0 Å². The van der Waals surface area contributed by atoms with Gasteiger partial charge >= 0.3 is 0 Å². The van der Waals surface area contributed by atoms with Gasteiger partial charge in [-0.2, -0.15) is 5.10 Å². The zero-order valence-electron chi connectivity index (χ0n) is 14.8. The molecule has 2 heterocycles. The zero-order valence-corrected chi connectivity index (χ0v) is 14.8. The van der Waals surface area contributed by atoms with Gasteiger partial charge in [-0.25, -0.2) is 4.68 Å². The van der Waals surface area contributed by atoms with Crippen molar-refractivity contribution in [2.24, 2.45) is 0 Å². The third-order valence-corrected chi connectivity index (χ3v) is 5.22. The summed E-state index contributed by atoms with van der Waals surface area (Å²) in [4.78, 5) is 14.5. The van der Waals surface area contributed by atoms with Gasteiger partial charge in [-0.05, 0) is 55.8 Å². The maximum Gasteiger partial charge on any atom is 0.268 e. The third-order valence-electron chi connectivity index (χ3n) is 5.22. The molecule has 1 aromatic heterocycles. The van der Waals surface area contributed by atoms with Gasteiger partial charge in [-0.1, -0.05) is 24.3 Å². The molecule has 1 atom stereocenters. The van der Waals surface area contributed by atoms with Gasteiger partial charge in [-0.15, -0.1) is 0 Å². The summed E-state index contributed by atoms with van der Waals surface area (Å²) >= 11 is 0. The number of rotatable bonds is 4.